The minimum absolute atomic E-state index is 0.397. The van der Waals surface area contributed by atoms with Crippen LogP contribution in [0.2, 0.25) is 0 Å². The molecule has 0 aromatic rings. The molecule has 0 rings (SSSR count). The van der Waals surface area contributed by atoms with Crippen LogP contribution in [-0.4, -0.2) is 57.2 Å². The minimum atomic E-state index is -0.987. The first-order valence-corrected chi connectivity index (χ1v) is 7.38. The van der Waals surface area contributed by atoms with Gasteiger partial charge in [0.1, 0.15) is 12.1 Å². The van der Waals surface area contributed by atoms with Gasteiger partial charge in [0.05, 0.1) is 0 Å². The van der Waals surface area contributed by atoms with Crippen LogP contribution in [0.3, 0.4) is 0 Å². The maximum absolute atomic E-state index is 10.4. The molecule has 8 heteroatoms. The van der Waals surface area contributed by atoms with Crippen molar-refractivity contribution in [3.8, 4) is 0 Å². The monoisotopic (exact) mass is 282 g/mol. The topological polar surface area (TPSA) is 127 Å². The second kappa shape index (κ2) is 9.58. The van der Waals surface area contributed by atoms with E-state index in [-0.39, 0.29) is 0 Å². The molecule has 6 N–H and O–H groups in total. The van der Waals surface area contributed by atoms with Crippen molar-refractivity contribution in [2.24, 2.45) is 11.5 Å². The van der Waals surface area contributed by atoms with Gasteiger partial charge in [-0.25, -0.2) is 0 Å². The first kappa shape index (κ1) is 16.6. The number of carboxylic acids is 2. The molecular formula is C9H18N2O4S2. The van der Waals surface area contributed by atoms with Crippen molar-refractivity contribution < 1.29 is 19.8 Å². The van der Waals surface area contributed by atoms with Gasteiger partial charge in [-0.15, -0.1) is 0 Å². The molecule has 0 bridgehead atoms. The third-order valence-corrected chi connectivity index (χ3v) is 4.15. The maximum atomic E-state index is 10.4. The Hall–Kier alpha value is -0.440. The molecule has 6 nitrogen and oxygen atoms in total. The van der Waals surface area contributed by atoms with E-state index in [0.29, 0.717) is 11.5 Å². The van der Waals surface area contributed by atoms with Gasteiger partial charge in [0.15, 0.2) is 0 Å². The lowest BCUT2D eigenvalue weighted by Crippen LogP contribution is -2.32. The third kappa shape index (κ3) is 9.28. The van der Waals surface area contributed by atoms with E-state index in [1.54, 1.807) is 0 Å². The highest BCUT2D eigenvalue weighted by molar-refractivity contribution is 8.00. The van der Waals surface area contributed by atoms with Crippen molar-refractivity contribution in [2.75, 3.05) is 23.0 Å². The van der Waals surface area contributed by atoms with Crippen LogP contribution in [0.25, 0.3) is 0 Å². The Morgan fingerprint density at radius 1 is 0.941 bits per heavy atom. The predicted octanol–water partition coefficient (Wildman–Crippen LogP) is -0.333. The molecule has 0 fully saturated rings. The van der Waals surface area contributed by atoms with E-state index in [9.17, 15) is 9.59 Å². The van der Waals surface area contributed by atoms with Crippen LogP contribution in [0.15, 0.2) is 0 Å². The summed E-state index contributed by atoms with van der Waals surface area (Å²) in [7, 11) is 0. The summed E-state index contributed by atoms with van der Waals surface area (Å²) in [6, 6.07) is -1.62. The molecule has 0 radical (unpaired) electrons. The molecule has 0 saturated carbocycles. The van der Waals surface area contributed by atoms with E-state index >= 15 is 0 Å². The van der Waals surface area contributed by atoms with Gasteiger partial charge in [-0.05, 0) is 17.9 Å². The number of hydrogen-bond donors (Lipinski definition) is 4. The SMILES string of the molecule is N[C@@H](CSCCCSC[C@H](N)C(=O)O)C(=O)O. The molecular weight excluding hydrogens is 264 g/mol. The Morgan fingerprint density at radius 2 is 1.29 bits per heavy atom. The molecule has 0 aliphatic heterocycles. The quantitative estimate of drug-likeness (QED) is 0.401. The molecule has 0 spiro atoms. The highest BCUT2D eigenvalue weighted by atomic mass is 32.2. The molecule has 0 amide bonds. The lowest BCUT2D eigenvalue weighted by molar-refractivity contribution is -0.138. The molecule has 0 heterocycles. The Kier molecular flexibility index (Phi) is 9.33. The van der Waals surface area contributed by atoms with Gasteiger partial charge in [-0.3, -0.25) is 9.59 Å². The van der Waals surface area contributed by atoms with Crippen molar-refractivity contribution in [2.45, 2.75) is 18.5 Å². The van der Waals surface area contributed by atoms with Crippen LogP contribution < -0.4 is 11.5 Å². The van der Waals surface area contributed by atoms with E-state index in [2.05, 4.69) is 0 Å². The summed E-state index contributed by atoms with van der Waals surface area (Å²) in [5, 5.41) is 17.0. The van der Waals surface area contributed by atoms with E-state index in [1.165, 1.54) is 23.5 Å². The van der Waals surface area contributed by atoms with E-state index in [1.807, 2.05) is 0 Å². The molecule has 0 aliphatic rings. The molecule has 0 aromatic heterocycles. The van der Waals surface area contributed by atoms with Crippen LogP contribution in [0.1, 0.15) is 6.42 Å². The predicted molar refractivity (Wildman–Crippen MR) is 70.5 cm³/mol. The van der Waals surface area contributed by atoms with E-state index in [0.717, 1.165) is 17.9 Å². The Balaban J connectivity index is 3.30. The van der Waals surface area contributed by atoms with Crippen LogP contribution in [0.4, 0.5) is 0 Å². The minimum Gasteiger partial charge on any atom is -0.480 e. The fourth-order valence-corrected chi connectivity index (χ4v) is 2.83. The van der Waals surface area contributed by atoms with Crippen molar-refractivity contribution in [3.05, 3.63) is 0 Å². The molecule has 17 heavy (non-hydrogen) atoms. The number of rotatable bonds is 10. The van der Waals surface area contributed by atoms with Gasteiger partial charge in [0, 0.05) is 11.5 Å². The van der Waals surface area contributed by atoms with Gasteiger partial charge in [-0.2, -0.15) is 23.5 Å². The van der Waals surface area contributed by atoms with Crippen molar-refractivity contribution in [3.63, 3.8) is 0 Å². The zero-order chi connectivity index (χ0) is 13.3. The second-order valence-corrected chi connectivity index (χ2v) is 5.69. The number of thioether (sulfide) groups is 2. The van der Waals surface area contributed by atoms with Crippen LogP contribution in [-0.2, 0) is 9.59 Å². The average Bonchev–Trinajstić information content (AvgIpc) is 2.26. The summed E-state index contributed by atoms with van der Waals surface area (Å²) in [4.78, 5) is 20.8. The fraction of sp³-hybridized carbons (Fsp3) is 0.778. The standard InChI is InChI=1S/C9H18N2O4S2/c10-6(8(12)13)4-16-2-1-3-17-5-7(11)9(14)15/h6-7H,1-5,10-11H2,(H,12,13)(H,14,15)/t6-,7-/m0/s1. The number of carboxylic acid groups (broad SMARTS) is 2. The molecule has 0 aromatic carbocycles. The zero-order valence-electron chi connectivity index (χ0n) is 9.37. The summed E-state index contributed by atoms with van der Waals surface area (Å²) in [6.07, 6.45) is 0.883. The van der Waals surface area contributed by atoms with Crippen molar-refractivity contribution in [1.29, 1.82) is 0 Å². The number of aliphatic carboxylic acids is 2. The summed E-state index contributed by atoms with van der Waals surface area (Å²) in [5.74, 6) is 0.453. The largest absolute Gasteiger partial charge is 0.480 e. The molecule has 2 atom stereocenters. The summed E-state index contributed by atoms with van der Waals surface area (Å²) in [5.41, 5.74) is 10.6. The van der Waals surface area contributed by atoms with Gasteiger partial charge >= 0.3 is 11.9 Å². The van der Waals surface area contributed by atoms with Crippen LogP contribution in [0, 0.1) is 0 Å². The molecule has 0 saturated heterocycles. The lowest BCUT2D eigenvalue weighted by atomic mass is 10.4. The van der Waals surface area contributed by atoms with Gasteiger partial charge in [-0.1, -0.05) is 0 Å². The molecule has 0 aliphatic carbocycles. The van der Waals surface area contributed by atoms with E-state index in [4.69, 9.17) is 21.7 Å². The highest BCUT2D eigenvalue weighted by Crippen LogP contribution is 2.09. The first-order valence-electron chi connectivity index (χ1n) is 5.07. The number of hydrogen-bond acceptors (Lipinski definition) is 6. The lowest BCUT2D eigenvalue weighted by Gasteiger charge is -2.07. The molecule has 0 unspecified atom stereocenters. The number of nitrogens with two attached hydrogens (primary N) is 2. The normalized spacial score (nSPS) is 14.2. The van der Waals surface area contributed by atoms with Crippen LogP contribution in [0.5, 0.6) is 0 Å². The first-order chi connectivity index (χ1) is 7.95. The van der Waals surface area contributed by atoms with Gasteiger partial charge < -0.3 is 21.7 Å². The highest BCUT2D eigenvalue weighted by Gasteiger charge is 2.11. The second-order valence-electron chi connectivity index (χ2n) is 3.39. The average molecular weight is 282 g/mol. The zero-order valence-corrected chi connectivity index (χ0v) is 11.0. The summed E-state index contributed by atoms with van der Waals surface area (Å²) >= 11 is 2.98. The van der Waals surface area contributed by atoms with Crippen molar-refractivity contribution in [1.82, 2.24) is 0 Å². The van der Waals surface area contributed by atoms with Crippen LogP contribution >= 0.6 is 23.5 Å². The van der Waals surface area contributed by atoms with E-state index < -0.39 is 24.0 Å². The Bertz CT molecular complexity index is 229. The maximum Gasteiger partial charge on any atom is 0.321 e. The Morgan fingerprint density at radius 3 is 1.59 bits per heavy atom. The summed E-state index contributed by atoms with van der Waals surface area (Å²) < 4.78 is 0. The molecule has 100 valence electrons. The van der Waals surface area contributed by atoms with Gasteiger partial charge in [0.25, 0.3) is 0 Å². The smallest absolute Gasteiger partial charge is 0.321 e. The number of carbonyl (C=O) groups is 2. The van der Waals surface area contributed by atoms with Gasteiger partial charge in [0.2, 0.25) is 0 Å². The van der Waals surface area contributed by atoms with Crippen molar-refractivity contribution >= 4 is 35.5 Å². The fourth-order valence-electron chi connectivity index (χ4n) is 0.826. The summed E-state index contributed by atoms with van der Waals surface area (Å²) in [6.45, 7) is 0. The third-order valence-electron chi connectivity index (χ3n) is 1.81. The Labute approximate surface area is 108 Å².